The molecular weight excluding hydrogens is 681 g/mol. The lowest BCUT2D eigenvalue weighted by Gasteiger charge is -2.16. The molecular formula is C52H32N4. The van der Waals surface area contributed by atoms with Crippen molar-refractivity contribution in [1.82, 2.24) is 15.0 Å². The third-order valence-corrected chi connectivity index (χ3v) is 10.5. The molecule has 0 fully saturated rings. The lowest BCUT2D eigenvalue weighted by molar-refractivity contribution is 1.07. The van der Waals surface area contributed by atoms with Crippen LogP contribution in [-0.4, -0.2) is 15.0 Å². The van der Waals surface area contributed by atoms with E-state index in [-0.39, 0.29) is 0 Å². The van der Waals surface area contributed by atoms with Gasteiger partial charge in [-0.15, -0.1) is 0 Å². The van der Waals surface area contributed by atoms with Gasteiger partial charge in [0.05, 0.1) is 6.57 Å². The van der Waals surface area contributed by atoms with Crippen molar-refractivity contribution in [3.63, 3.8) is 0 Å². The van der Waals surface area contributed by atoms with Crippen LogP contribution in [0.2, 0.25) is 0 Å². The molecule has 56 heavy (non-hydrogen) atoms. The Bertz CT molecular complexity index is 3110. The number of fused-ring (bicyclic) bond motifs is 5. The molecule has 0 saturated heterocycles. The molecule has 0 bridgehead atoms. The Balaban J connectivity index is 1.13. The first-order valence-electron chi connectivity index (χ1n) is 18.6. The van der Waals surface area contributed by atoms with Gasteiger partial charge in [-0.3, -0.25) is 0 Å². The van der Waals surface area contributed by atoms with Crippen LogP contribution in [0, 0.1) is 6.57 Å². The van der Waals surface area contributed by atoms with Gasteiger partial charge in [-0.05, 0) is 83.9 Å². The van der Waals surface area contributed by atoms with Gasteiger partial charge < -0.3 is 0 Å². The SMILES string of the molecule is [C-]#[N+]c1ccc(-c2cc3c4ccccc4c(-c4cccc(-c5nc(-c6ccccc6)nc(-c6ccc(-c7ccccc7)cc6)n5)c4)cc3c3ccccc23)cc1. The van der Waals surface area contributed by atoms with Gasteiger partial charge in [0.25, 0.3) is 0 Å². The van der Waals surface area contributed by atoms with Gasteiger partial charge in [0.15, 0.2) is 23.2 Å². The van der Waals surface area contributed by atoms with Crippen LogP contribution in [0.3, 0.4) is 0 Å². The molecule has 260 valence electrons. The predicted molar refractivity (Wildman–Crippen MR) is 231 cm³/mol. The van der Waals surface area contributed by atoms with Crippen molar-refractivity contribution in [2.75, 3.05) is 0 Å². The molecule has 0 atom stereocenters. The molecule has 1 aromatic heterocycles. The zero-order chi connectivity index (χ0) is 37.4. The fourth-order valence-electron chi connectivity index (χ4n) is 7.76. The van der Waals surface area contributed by atoms with E-state index in [9.17, 15) is 0 Å². The van der Waals surface area contributed by atoms with Crippen molar-refractivity contribution < 1.29 is 0 Å². The number of nitrogens with zero attached hydrogens (tertiary/aromatic N) is 4. The van der Waals surface area contributed by atoms with E-state index >= 15 is 0 Å². The molecule has 4 heteroatoms. The molecule has 0 N–H and O–H groups in total. The highest BCUT2D eigenvalue weighted by atomic mass is 15.0. The minimum Gasteiger partial charge on any atom is -0.238 e. The van der Waals surface area contributed by atoms with Gasteiger partial charge >= 0.3 is 0 Å². The minimum absolute atomic E-state index is 0.618. The van der Waals surface area contributed by atoms with Crippen molar-refractivity contribution in [3.8, 4) is 67.5 Å². The van der Waals surface area contributed by atoms with E-state index in [0.29, 0.717) is 23.2 Å². The van der Waals surface area contributed by atoms with Crippen molar-refractivity contribution in [1.29, 1.82) is 0 Å². The molecule has 0 saturated carbocycles. The molecule has 0 aliphatic rings. The second-order valence-electron chi connectivity index (χ2n) is 13.9. The summed E-state index contributed by atoms with van der Waals surface area (Å²) in [4.78, 5) is 18.8. The Morgan fingerprint density at radius 3 is 1.25 bits per heavy atom. The summed E-state index contributed by atoms with van der Waals surface area (Å²) in [5, 5.41) is 7.09. The Hall–Kier alpha value is -7.74. The average molecular weight is 713 g/mol. The first kappa shape index (κ1) is 32.9. The summed E-state index contributed by atoms with van der Waals surface area (Å²) in [6.07, 6.45) is 0. The van der Waals surface area contributed by atoms with E-state index in [2.05, 4.69) is 150 Å². The highest BCUT2D eigenvalue weighted by molar-refractivity contribution is 6.23. The van der Waals surface area contributed by atoms with Crippen LogP contribution < -0.4 is 0 Å². The molecule has 0 aliphatic heterocycles. The maximum Gasteiger partial charge on any atom is 0.187 e. The third kappa shape index (κ3) is 5.94. The summed E-state index contributed by atoms with van der Waals surface area (Å²) in [5.74, 6) is 1.87. The first-order valence-corrected chi connectivity index (χ1v) is 18.6. The second kappa shape index (κ2) is 13.9. The molecule has 9 aromatic carbocycles. The lowest BCUT2D eigenvalue weighted by Crippen LogP contribution is -2.00. The quantitative estimate of drug-likeness (QED) is 0.127. The summed E-state index contributed by atoms with van der Waals surface area (Å²) >= 11 is 0. The van der Waals surface area contributed by atoms with E-state index < -0.39 is 0 Å². The normalized spacial score (nSPS) is 11.2. The van der Waals surface area contributed by atoms with Crippen LogP contribution >= 0.6 is 0 Å². The van der Waals surface area contributed by atoms with Crippen LogP contribution in [0.5, 0.6) is 0 Å². The monoisotopic (exact) mass is 712 g/mol. The van der Waals surface area contributed by atoms with Crippen LogP contribution in [0.25, 0.3) is 105 Å². The van der Waals surface area contributed by atoms with Gasteiger partial charge in [-0.25, -0.2) is 19.8 Å². The molecule has 4 nitrogen and oxygen atoms in total. The second-order valence-corrected chi connectivity index (χ2v) is 13.9. The van der Waals surface area contributed by atoms with E-state index in [1.54, 1.807) is 0 Å². The van der Waals surface area contributed by atoms with Gasteiger partial charge in [0, 0.05) is 16.7 Å². The van der Waals surface area contributed by atoms with E-state index in [1.165, 1.54) is 37.9 Å². The topological polar surface area (TPSA) is 43.0 Å². The average Bonchev–Trinajstić information content (AvgIpc) is 3.29. The van der Waals surface area contributed by atoms with Crippen molar-refractivity contribution >= 4 is 38.0 Å². The first-order chi connectivity index (χ1) is 27.7. The zero-order valence-electron chi connectivity index (χ0n) is 30.3. The Kier molecular flexibility index (Phi) is 8.17. The molecule has 0 unspecified atom stereocenters. The predicted octanol–water partition coefficient (Wildman–Crippen LogP) is 13.9. The summed E-state index contributed by atoms with van der Waals surface area (Å²) < 4.78 is 0. The fourth-order valence-corrected chi connectivity index (χ4v) is 7.76. The van der Waals surface area contributed by atoms with Crippen LogP contribution in [0.15, 0.2) is 194 Å². The zero-order valence-corrected chi connectivity index (χ0v) is 30.3. The van der Waals surface area contributed by atoms with Gasteiger partial charge in [-0.1, -0.05) is 176 Å². The lowest BCUT2D eigenvalue weighted by atomic mass is 9.87. The Labute approximate surface area is 324 Å². The highest BCUT2D eigenvalue weighted by Gasteiger charge is 2.17. The largest absolute Gasteiger partial charge is 0.238 e. The number of aromatic nitrogens is 3. The van der Waals surface area contributed by atoms with Crippen molar-refractivity contribution in [3.05, 3.63) is 206 Å². The highest BCUT2D eigenvalue weighted by Crippen LogP contribution is 2.42. The molecule has 0 radical (unpaired) electrons. The van der Waals surface area contributed by atoms with E-state index in [4.69, 9.17) is 21.5 Å². The Morgan fingerprint density at radius 2 is 0.679 bits per heavy atom. The smallest absolute Gasteiger partial charge is 0.187 e. The standard InChI is InChI=1S/C52H32N4/c1-53-41-29-27-36(28-30-41)46-32-48-45-22-11-9-20-43(45)47(33-49(48)44-21-10-8-19-42(44)46)39-17-12-18-40(31-39)52-55-50(37-15-6-3-7-16-37)54-51(56-52)38-25-23-35(24-26-38)34-13-4-2-5-14-34/h2-33H. The minimum atomic E-state index is 0.618. The van der Waals surface area contributed by atoms with Crippen molar-refractivity contribution in [2.24, 2.45) is 0 Å². The van der Waals surface area contributed by atoms with Gasteiger partial charge in [0.1, 0.15) is 0 Å². The van der Waals surface area contributed by atoms with Crippen LogP contribution in [-0.2, 0) is 0 Å². The number of hydrogen-bond acceptors (Lipinski definition) is 3. The molecule has 10 aromatic rings. The summed E-state index contributed by atoms with van der Waals surface area (Å²) in [5.41, 5.74) is 10.2. The van der Waals surface area contributed by atoms with E-state index in [0.717, 1.165) is 44.5 Å². The van der Waals surface area contributed by atoms with Crippen LogP contribution in [0.4, 0.5) is 5.69 Å². The Morgan fingerprint density at radius 1 is 0.286 bits per heavy atom. The summed E-state index contributed by atoms with van der Waals surface area (Å²) in [7, 11) is 0. The summed E-state index contributed by atoms with van der Waals surface area (Å²) in [6.45, 7) is 7.44. The van der Waals surface area contributed by atoms with Crippen molar-refractivity contribution in [2.45, 2.75) is 0 Å². The number of rotatable bonds is 6. The molecule has 0 amide bonds. The molecule has 0 aliphatic carbocycles. The maximum atomic E-state index is 7.44. The summed E-state index contributed by atoms with van der Waals surface area (Å²) in [6, 6.07) is 67.3. The van der Waals surface area contributed by atoms with Gasteiger partial charge in [0.2, 0.25) is 0 Å². The number of hydrogen-bond donors (Lipinski definition) is 0. The molecule has 1 heterocycles. The maximum absolute atomic E-state index is 7.44. The fraction of sp³-hybridized carbons (Fsp3) is 0. The van der Waals surface area contributed by atoms with E-state index in [1.807, 2.05) is 48.5 Å². The number of benzene rings is 9. The molecule has 10 rings (SSSR count). The van der Waals surface area contributed by atoms with Gasteiger partial charge in [-0.2, -0.15) is 0 Å². The van der Waals surface area contributed by atoms with Crippen LogP contribution in [0.1, 0.15) is 0 Å². The third-order valence-electron chi connectivity index (χ3n) is 10.5. The molecule has 0 spiro atoms.